The van der Waals surface area contributed by atoms with E-state index in [0.29, 0.717) is 6.42 Å². The molecule has 1 atom stereocenters. The van der Waals surface area contributed by atoms with Crippen LogP contribution < -0.4 is 0 Å². The van der Waals surface area contributed by atoms with Crippen molar-refractivity contribution in [1.29, 1.82) is 0 Å². The summed E-state index contributed by atoms with van der Waals surface area (Å²) in [5.74, 6) is 0. The Labute approximate surface area is 107 Å². The summed E-state index contributed by atoms with van der Waals surface area (Å²) in [4.78, 5) is 4.32. The summed E-state index contributed by atoms with van der Waals surface area (Å²) in [6.07, 6.45) is 6.58. The quantitative estimate of drug-likeness (QED) is 0.897. The Morgan fingerprint density at radius 2 is 2.11 bits per heavy atom. The van der Waals surface area contributed by atoms with E-state index in [-0.39, 0.29) is 0 Å². The minimum atomic E-state index is -0.509. The van der Waals surface area contributed by atoms with Crippen molar-refractivity contribution in [2.75, 3.05) is 0 Å². The summed E-state index contributed by atoms with van der Waals surface area (Å²) in [7, 11) is 1.89. The Bertz CT molecular complexity index is 534. The molecule has 2 heterocycles. The van der Waals surface area contributed by atoms with Gasteiger partial charge >= 0.3 is 0 Å². The van der Waals surface area contributed by atoms with Crippen molar-refractivity contribution < 1.29 is 5.11 Å². The van der Waals surface area contributed by atoms with Gasteiger partial charge in [0.15, 0.2) is 0 Å². The molecule has 0 saturated heterocycles. The first-order chi connectivity index (χ1) is 8.56. The van der Waals surface area contributed by atoms with Crippen LogP contribution in [0.25, 0.3) is 0 Å². The lowest BCUT2D eigenvalue weighted by Crippen LogP contribution is -2.04. The molecule has 0 radical (unpaired) electrons. The van der Waals surface area contributed by atoms with Crippen molar-refractivity contribution in [2.24, 2.45) is 7.05 Å². The number of hydrogen-bond donors (Lipinski definition) is 1. The van der Waals surface area contributed by atoms with E-state index in [1.165, 1.54) is 0 Å². The molecule has 0 bridgehead atoms. The van der Waals surface area contributed by atoms with Crippen LogP contribution in [0.1, 0.15) is 34.9 Å². The molecular formula is C14H19N3O. The van der Waals surface area contributed by atoms with Crippen LogP contribution in [0.5, 0.6) is 0 Å². The van der Waals surface area contributed by atoms with Gasteiger partial charge in [0.25, 0.3) is 0 Å². The summed E-state index contributed by atoms with van der Waals surface area (Å²) in [6, 6.07) is 2.05. The number of hydrogen-bond acceptors (Lipinski definition) is 3. The van der Waals surface area contributed by atoms with E-state index in [9.17, 15) is 5.11 Å². The first kappa shape index (κ1) is 12.8. The average Bonchev–Trinajstić information content (AvgIpc) is 2.72. The maximum atomic E-state index is 10.2. The van der Waals surface area contributed by atoms with Gasteiger partial charge in [0, 0.05) is 19.4 Å². The van der Waals surface area contributed by atoms with Gasteiger partial charge in [0.2, 0.25) is 0 Å². The van der Waals surface area contributed by atoms with Gasteiger partial charge in [-0.05, 0) is 43.4 Å². The third-order valence-corrected chi connectivity index (χ3v) is 3.04. The number of nitrogens with zero attached hydrogens (tertiary/aromatic N) is 3. The Morgan fingerprint density at radius 1 is 1.33 bits per heavy atom. The minimum absolute atomic E-state index is 0.509. The zero-order valence-corrected chi connectivity index (χ0v) is 11.1. The zero-order valence-electron chi connectivity index (χ0n) is 11.1. The molecule has 4 heteroatoms. The highest BCUT2D eigenvalue weighted by atomic mass is 16.3. The van der Waals surface area contributed by atoms with E-state index < -0.39 is 6.10 Å². The molecule has 0 fully saturated rings. The van der Waals surface area contributed by atoms with Gasteiger partial charge in [0.1, 0.15) is 0 Å². The summed E-state index contributed by atoms with van der Waals surface area (Å²) in [6.45, 7) is 3.99. The number of rotatable bonds is 4. The second-order valence-electron chi connectivity index (χ2n) is 4.79. The SMILES string of the molecule is Cc1cnc(C(O)CCc2cnn(C)c2)c(C)c1. The third-order valence-electron chi connectivity index (χ3n) is 3.04. The topological polar surface area (TPSA) is 50.9 Å². The van der Waals surface area contributed by atoms with E-state index in [0.717, 1.165) is 28.8 Å². The molecule has 2 aromatic rings. The lowest BCUT2D eigenvalue weighted by molar-refractivity contribution is 0.162. The predicted molar refractivity (Wildman–Crippen MR) is 70.2 cm³/mol. The lowest BCUT2D eigenvalue weighted by Gasteiger charge is -2.12. The molecule has 96 valence electrons. The molecule has 18 heavy (non-hydrogen) atoms. The molecule has 0 aliphatic heterocycles. The molecular weight excluding hydrogens is 226 g/mol. The lowest BCUT2D eigenvalue weighted by atomic mass is 10.0. The van der Waals surface area contributed by atoms with Gasteiger partial charge < -0.3 is 5.11 Å². The van der Waals surface area contributed by atoms with Crippen LogP contribution in [0.4, 0.5) is 0 Å². The fraction of sp³-hybridized carbons (Fsp3) is 0.429. The molecule has 1 unspecified atom stereocenters. The van der Waals surface area contributed by atoms with Crippen LogP contribution in [-0.4, -0.2) is 19.9 Å². The third kappa shape index (κ3) is 2.96. The number of aromatic nitrogens is 3. The summed E-state index contributed by atoms with van der Waals surface area (Å²) >= 11 is 0. The Balaban J connectivity index is 2.01. The second kappa shape index (κ2) is 5.31. The molecule has 0 saturated carbocycles. The maximum Gasteiger partial charge on any atom is 0.0965 e. The minimum Gasteiger partial charge on any atom is -0.387 e. The zero-order chi connectivity index (χ0) is 13.1. The Hall–Kier alpha value is -1.68. The molecule has 0 aliphatic rings. The standard InChI is InChI=1S/C14H19N3O/c1-10-6-11(2)14(15-7-10)13(18)5-4-12-8-16-17(3)9-12/h6-9,13,18H,4-5H2,1-3H3. The van der Waals surface area contributed by atoms with Crippen molar-refractivity contribution in [3.05, 3.63) is 47.0 Å². The second-order valence-corrected chi connectivity index (χ2v) is 4.79. The molecule has 0 spiro atoms. The molecule has 2 aromatic heterocycles. The monoisotopic (exact) mass is 245 g/mol. The number of aryl methyl sites for hydroxylation is 4. The molecule has 0 aliphatic carbocycles. The van der Waals surface area contributed by atoms with Crippen molar-refractivity contribution in [1.82, 2.24) is 14.8 Å². The first-order valence-electron chi connectivity index (χ1n) is 6.15. The van der Waals surface area contributed by atoms with E-state index in [1.54, 1.807) is 10.9 Å². The van der Waals surface area contributed by atoms with E-state index >= 15 is 0 Å². The number of aliphatic hydroxyl groups is 1. The largest absolute Gasteiger partial charge is 0.387 e. The normalized spacial score (nSPS) is 12.7. The molecule has 1 N–H and O–H groups in total. The fourth-order valence-electron chi connectivity index (χ4n) is 2.12. The fourth-order valence-corrected chi connectivity index (χ4v) is 2.12. The summed E-state index contributed by atoms with van der Waals surface area (Å²) in [5.41, 5.74) is 4.09. The molecule has 0 amide bonds. The van der Waals surface area contributed by atoms with E-state index in [1.807, 2.05) is 33.3 Å². The van der Waals surface area contributed by atoms with E-state index in [4.69, 9.17) is 0 Å². The summed E-state index contributed by atoms with van der Waals surface area (Å²) in [5, 5.41) is 14.3. The number of aliphatic hydroxyl groups excluding tert-OH is 1. The highest BCUT2D eigenvalue weighted by molar-refractivity contribution is 5.24. The highest BCUT2D eigenvalue weighted by Gasteiger charge is 2.12. The maximum absolute atomic E-state index is 10.2. The Kier molecular flexibility index (Phi) is 3.77. The average molecular weight is 245 g/mol. The van der Waals surface area contributed by atoms with Crippen LogP contribution in [-0.2, 0) is 13.5 Å². The first-order valence-corrected chi connectivity index (χ1v) is 6.15. The smallest absolute Gasteiger partial charge is 0.0965 e. The molecule has 0 aromatic carbocycles. The van der Waals surface area contributed by atoms with Crippen LogP contribution in [0, 0.1) is 13.8 Å². The molecule has 2 rings (SSSR count). The summed E-state index contributed by atoms with van der Waals surface area (Å²) < 4.78 is 1.77. The van der Waals surface area contributed by atoms with Crippen LogP contribution in [0.2, 0.25) is 0 Å². The Morgan fingerprint density at radius 3 is 2.72 bits per heavy atom. The van der Waals surface area contributed by atoms with Gasteiger partial charge in [-0.3, -0.25) is 9.67 Å². The van der Waals surface area contributed by atoms with Gasteiger partial charge in [-0.1, -0.05) is 6.07 Å². The van der Waals surface area contributed by atoms with Crippen molar-refractivity contribution in [2.45, 2.75) is 32.8 Å². The van der Waals surface area contributed by atoms with Crippen LogP contribution in [0.3, 0.4) is 0 Å². The van der Waals surface area contributed by atoms with Crippen molar-refractivity contribution in [3.8, 4) is 0 Å². The number of pyridine rings is 1. The van der Waals surface area contributed by atoms with Gasteiger partial charge in [-0.15, -0.1) is 0 Å². The highest BCUT2D eigenvalue weighted by Crippen LogP contribution is 2.20. The predicted octanol–water partition coefficient (Wildman–Crippen LogP) is 2.10. The van der Waals surface area contributed by atoms with Gasteiger partial charge in [-0.2, -0.15) is 5.10 Å². The molecule has 4 nitrogen and oxygen atoms in total. The van der Waals surface area contributed by atoms with Crippen LogP contribution in [0.15, 0.2) is 24.7 Å². The van der Waals surface area contributed by atoms with Gasteiger partial charge in [-0.25, -0.2) is 0 Å². The van der Waals surface area contributed by atoms with Gasteiger partial charge in [0.05, 0.1) is 18.0 Å². The van der Waals surface area contributed by atoms with Crippen molar-refractivity contribution >= 4 is 0 Å². The van der Waals surface area contributed by atoms with E-state index in [2.05, 4.69) is 16.1 Å². The van der Waals surface area contributed by atoms with Crippen molar-refractivity contribution in [3.63, 3.8) is 0 Å². The van der Waals surface area contributed by atoms with Crippen LogP contribution >= 0.6 is 0 Å².